The number of rotatable bonds is 5. The summed E-state index contributed by atoms with van der Waals surface area (Å²) in [6, 6.07) is 10.9. The van der Waals surface area contributed by atoms with Gasteiger partial charge in [-0.3, -0.25) is 0 Å². The number of halogens is 3. The molecule has 21 heavy (non-hydrogen) atoms. The molecule has 2 aromatic carbocycles. The zero-order valence-electron chi connectivity index (χ0n) is 11.4. The van der Waals surface area contributed by atoms with Crippen LogP contribution in [0.25, 0.3) is 0 Å². The SMILES string of the molecule is CCCOc1ccc(C(O)c2ccc(Cl)cc2Br)cc1Br. The Balaban J connectivity index is 2.27. The monoisotopic (exact) mass is 432 g/mol. The smallest absolute Gasteiger partial charge is 0.133 e. The van der Waals surface area contributed by atoms with E-state index in [1.807, 2.05) is 24.3 Å². The van der Waals surface area contributed by atoms with Gasteiger partial charge < -0.3 is 9.84 Å². The van der Waals surface area contributed by atoms with Crippen LogP contribution in [-0.2, 0) is 0 Å². The maximum absolute atomic E-state index is 10.5. The van der Waals surface area contributed by atoms with Crippen molar-refractivity contribution in [1.82, 2.24) is 0 Å². The summed E-state index contributed by atoms with van der Waals surface area (Å²) >= 11 is 12.8. The second-order valence-electron chi connectivity index (χ2n) is 4.61. The maximum atomic E-state index is 10.5. The fourth-order valence-electron chi connectivity index (χ4n) is 1.92. The van der Waals surface area contributed by atoms with E-state index in [0.29, 0.717) is 11.6 Å². The fourth-order valence-corrected chi connectivity index (χ4v) is 3.33. The van der Waals surface area contributed by atoms with Crippen molar-refractivity contribution in [3.8, 4) is 5.75 Å². The van der Waals surface area contributed by atoms with Crippen molar-refractivity contribution < 1.29 is 9.84 Å². The lowest BCUT2D eigenvalue weighted by atomic mass is 10.0. The Kier molecular flexibility index (Phi) is 6.11. The lowest BCUT2D eigenvalue weighted by molar-refractivity contribution is 0.219. The number of aliphatic hydroxyl groups is 1. The molecule has 0 heterocycles. The van der Waals surface area contributed by atoms with Crippen LogP contribution >= 0.6 is 43.5 Å². The van der Waals surface area contributed by atoms with E-state index in [4.69, 9.17) is 16.3 Å². The van der Waals surface area contributed by atoms with Gasteiger partial charge in [0, 0.05) is 9.50 Å². The van der Waals surface area contributed by atoms with Crippen LogP contribution in [0, 0.1) is 0 Å². The molecule has 112 valence electrons. The number of hydrogen-bond acceptors (Lipinski definition) is 2. The molecule has 0 spiro atoms. The molecule has 0 saturated heterocycles. The van der Waals surface area contributed by atoms with Crippen molar-refractivity contribution in [3.05, 3.63) is 61.5 Å². The van der Waals surface area contributed by atoms with Gasteiger partial charge in [-0.2, -0.15) is 0 Å². The molecule has 0 radical (unpaired) electrons. The quantitative estimate of drug-likeness (QED) is 0.651. The van der Waals surface area contributed by atoms with Gasteiger partial charge in [0.2, 0.25) is 0 Å². The van der Waals surface area contributed by atoms with Gasteiger partial charge >= 0.3 is 0 Å². The molecule has 0 aliphatic heterocycles. The van der Waals surface area contributed by atoms with Crippen LogP contribution in [0.1, 0.15) is 30.6 Å². The zero-order valence-corrected chi connectivity index (χ0v) is 15.4. The van der Waals surface area contributed by atoms with Crippen molar-refractivity contribution in [2.75, 3.05) is 6.61 Å². The van der Waals surface area contributed by atoms with Crippen molar-refractivity contribution in [3.63, 3.8) is 0 Å². The van der Waals surface area contributed by atoms with Gasteiger partial charge in [0.1, 0.15) is 11.9 Å². The minimum atomic E-state index is -0.729. The van der Waals surface area contributed by atoms with Crippen LogP contribution in [0.4, 0.5) is 0 Å². The molecule has 0 bridgehead atoms. The summed E-state index contributed by atoms with van der Waals surface area (Å²) in [4.78, 5) is 0. The molecule has 2 rings (SSSR count). The summed E-state index contributed by atoms with van der Waals surface area (Å²) in [7, 11) is 0. The first-order chi connectivity index (χ1) is 10.0. The van der Waals surface area contributed by atoms with E-state index in [0.717, 1.165) is 32.2 Å². The lowest BCUT2D eigenvalue weighted by Gasteiger charge is -2.15. The standard InChI is InChI=1S/C16H15Br2ClO2/c1-2-7-21-15-6-3-10(8-14(15)18)16(20)12-5-4-11(19)9-13(12)17/h3-6,8-9,16,20H,2,7H2,1H3. The molecule has 0 aromatic heterocycles. The molecule has 0 saturated carbocycles. The molecular weight excluding hydrogens is 419 g/mol. The van der Waals surface area contributed by atoms with Gasteiger partial charge in [0.05, 0.1) is 11.1 Å². The molecule has 1 atom stereocenters. The third-order valence-electron chi connectivity index (χ3n) is 2.99. The Bertz CT molecular complexity index is 632. The highest BCUT2D eigenvalue weighted by Gasteiger charge is 2.15. The third-order valence-corrected chi connectivity index (χ3v) is 4.53. The van der Waals surface area contributed by atoms with E-state index in [9.17, 15) is 5.11 Å². The first-order valence-electron chi connectivity index (χ1n) is 6.58. The molecule has 2 nitrogen and oxygen atoms in total. The highest BCUT2D eigenvalue weighted by Crippen LogP contribution is 2.34. The lowest BCUT2D eigenvalue weighted by Crippen LogP contribution is -2.02. The summed E-state index contributed by atoms with van der Waals surface area (Å²) in [5.41, 5.74) is 1.56. The van der Waals surface area contributed by atoms with Crippen LogP contribution in [-0.4, -0.2) is 11.7 Å². The Morgan fingerprint density at radius 3 is 2.52 bits per heavy atom. The molecule has 0 aliphatic rings. The van der Waals surface area contributed by atoms with Crippen molar-refractivity contribution in [2.24, 2.45) is 0 Å². The summed E-state index contributed by atoms with van der Waals surface area (Å²) in [6.07, 6.45) is 0.224. The minimum absolute atomic E-state index is 0.627. The predicted octanol–water partition coefficient (Wildman–Crippen LogP) is 5.74. The molecule has 0 fully saturated rings. The highest BCUT2D eigenvalue weighted by atomic mass is 79.9. The fraction of sp³-hybridized carbons (Fsp3) is 0.250. The number of aliphatic hydroxyl groups excluding tert-OH is 1. The van der Waals surface area contributed by atoms with Gasteiger partial charge in [-0.05, 0) is 57.7 Å². The molecule has 5 heteroatoms. The van der Waals surface area contributed by atoms with Gasteiger partial charge in [0.25, 0.3) is 0 Å². The van der Waals surface area contributed by atoms with Crippen LogP contribution in [0.15, 0.2) is 45.3 Å². The Morgan fingerprint density at radius 1 is 1.14 bits per heavy atom. The van der Waals surface area contributed by atoms with Crippen LogP contribution in [0.3, 0.4) is 0 Å². The number of benzene rings is 2. The molecular formula is C16H15Br2ClO2. The first kappa shape index (κ1) is 16.8. The van der Waals surface area contributed by atoms with E-state index >= 15 is 0 Å². The second kappa shape index (κ2) is 7.63. The number of hydrogen-bond donors (Lipinski definition) is 1. The summed E-state index contributed by atoms with van der Waals surface area (Å²) in [5.74, 6) is 0.781. The summed E-state index contributed by atoms with van der Waals surface area (Å²) in [6.45, 7) is 2.73. The molecule has 1 N–H and O–H groups in total. The van der Waals surface area contributed by atoms with Crippen LogP contribution in [0.5, 0.6) is 5.75 Å². The van der Waals surface area contributed by atoms with E-state index in [1.54, 1.807) is 12.1 Å². The van der Waals surface area contributed by atoms with Gasteiger partial charge in [-0.15, -0.1) is 0 Å². The minimum Gasteiger partial charge on any atom is -0.492 e. The van der Waals surface area contributed by atoms with E-state index in [2.05, 4.69) is 38.8 Å². The van der Waals surface area contributed by atoms with Crippen LogP contribution in [0.2, 0.25) is 5.02 Å². The molecule has 0 amide bonds. The van der Waals surface area contributed by atoms with Crippen molar-refractivity contribution in [2.45, 2.75) is 19.4 Å². The van der Waals surface area contributed by atoms with E-state index in [1.165, 1.54) is 0 Å². The zero-order chi connectivity index (χ0) is 15.4. The first-order valence-corrected chi connectivity index (χ1v) is 8.54. The Labute approximate surface area is 146 Å². The Hall–Kier alpha value is -0.550. The molecule has 0 aliphatic carbocycles. The number of ether oxygens (including phenoxy) is 1. The molecule has 1 unspecified atom stereocenters. The topological polar surface area (TPSA) is 29.5 Å². The average molecular weight is 435 g/mol. The molecule has 2 aromatic rings. The van der Waals surface area contributed by atoms with Gasteiger partial charge in [-0.25, -0.2) is 0 Å². The maximum Gasteiger partial charge on any atom is 0.133 e. The predicted molar refractivity (Wildman–Crippen MR) is 93.1 cm³/mol. The van der Waals surface area contributed by atoms with Crippen molar-refractivity contribution in [1.29, 1.82) is 0 Å². The van der Waals surface area contributed by atoms with E-state index in [-0.39, 0.29) is 0 Å². The van der Waals surface area contributed by atoms with Crippen LogP contribution < -0.4 is 4.74 Å². The largest absolute Gasteiger partial charge is 0.492 e. The highest BCUT2D eigenvalue weighted by molar-refractivity contribution is 9.10. The van der Waals surface area contributed by atoms with Gasteiger partial charge in [-0.1, -0.05) is 46.6 Å². The summed E-state index contributed by atoms with van der Waals surface area (Å²) < 4.78 is 7.22. The van der Waals surface area contributed by atoms with Gasteiger partial charge in [0.15, 0.2) is 0 Å². The normalized spacial score (nSPS) is 12.2. The van der Waals surface area contributed by atoms with Crippen molar-refractivity contribution >= 4 is 43.5 Å². The second-order valence-corrected chi connectivity index (χ2v) is 6.75. The average Bonchev–Trinajstić information content (AvgIpc) is 2.45. The summed E-state index contributed by atoms with van der Waals surface area (Å²) in [5, 5.41) is 11.1. The van der Waals surface area contributed by atoms with E-state index < -0.39 is 6.10 Å². The third kappa shape index (κ3) is 4.22. The Morgan fingerprint density at radius 2 is 1.90 bits per heavy atom.